The van der Waals surface area contributed by atoms with Crippen LogP contribution in [0.4, 0.5) is 26.0 Å². The van der Waals surface area contributed by atoms with E-state index in [-0.39, 0.29) is 25.7 Å². The molecule has 1 aromatic carbocycles. The maximum absolute atomic E-state index is 13.9. The highest BCUT2D eigenvalue weighted by molar-refractivity contribution is 7.92. The highest BCUT2D eigenvalue weighted by atomic mass is 32.2. The molecule has 1 amide bonds. The molecular weight excluding hydrogens is 542 g/mol. The number of nitrogens with zero attached hydrogens (tertiary/aromatic N) is 2. The molecule has 2 spiro atoms. The van der Waals surface area contributed by atoms with Crippen LogP contribution in [0.15, 0.2) is 30.3 Å². The molecule has 2 aromatic rings. The Labute approximate surface area is 232 Å². The molecule has 3 fully saturated rings. The fraction of sp³-hybridized carbons (Fsp3) is 0.571. The molecule has 1 saturated heterocycles. The second kappa shape index (κ2) is 9.92. The van der Waals surface area contributed by atoms with E-state index in [0.717, 1.165) is 31.5 Å². The molecule has 9 nitrogen and oxygen atoms in total. The molecular formula is C28H34F2N4O5S. The van der Waals surface area contributed by atoms with Crippen LogP contribution < -0.4 is 14.9 Å². The van der Waals surface area contributed by atoms with Gasteiger partial charge in [-0.05, 0) is 68.2 Å². The van der Waals surface area contributed by atoms with Crippen molar-refractivity contribution in [3.05, 3.63) is 47.2 Å². The Bertz CT molecular complexity index is 1410. The number of pyridine rings is 1. The van der Waals surface area contributed by atoms with E-state index in [0.29, 0.717) is 40.5 Å². The lowest BCUT2D eigenvalue weighted by molar-refractivity contribution is -0.132. The highest BCUT2D eigenvalue weighted by Gasteiger charge is 2.49. The van der Waals surface area contributed by atoms with E-state index < -0.39 is 39.8 Å². The van der Waals surface area contributed by atoms with E-state index in [9.17, 15) is 22.0 Å². The summed E-state index contributed by atoms with van der Waals surface area (Å²) in [6, 6.07) is 8.28. The molecule has 40 heavy (non-hydrogen) atoms. The number of aliphatic hydroxyl groups is 1. The lowest BCUT2D eigenvalue weighted by Gasteiger charge is -2.36. The van der Waals surface area contributed by atoms with Crippen LogP contribution in [0.25, 0.3) is 0 Å². The predicted molar refractivity (Wildman–Crippen MR) is 146 cm³/mol. The van der Waals surface area contributed by atoms with Gasteiger partial charge in [0.1, 0.15) is 11.4 Å². The normalized spacial score (nSPS) is 22.2. The number of carbonyl (C=O) groups excluding carboxylic acids is 1. The minimum Gasteiger partial charge on any atom is -0.395 e. The molecule has 6 rings (SSSR count). The van der Waals surface area contributed by atoms with Crippen molar-refractivity contribution in [2.45, 2.75) is 69.5 Å². The van der Waals surface area contributed by atoms with Crippen molar-refractivity contribution in [1.82, 2.24) is 4.98 Å². The average Bonchev–Trinajstić information content (AvgIpc) is 3.57. The largest absolute Gasteiger partial charge is 0.395 e. The summed E-state index contributed by atoms with van der Waals surface area (Å²) >= 11 is 0. The monoisotopic (exact) mass is 576 g/mol. The van der Waals surface area contributed by atoms with Gasteiger partial charge in [-0.2, -0.15) is 0 Å². The summed E-state index contributed by atoms with van der Waals surface area (Å²) in [5.41, 5.74) is 2.31. The smallest absolute Gasteiger partial charge is 0.258 e. The van der Waals surface area contributed by atoms with Crippen LogP contribution in [0.2, 0.25) is 0 Å². The van der Waals surface area contributed by atoms with E-state index in [1.807, 2.05) is 6.07 Å². The number of aromatic nitrogens is 1. The minimum atomic E-state index is -3.74. The van der Waals surface area contributed by atoms with Crippen LogP contribution in [0.5, 0.6) is 0 Å². The molecule has 0 bridgehead atoms. The number of sulfonamides is 1. The van der Waals surface area contributed by atoms with Gasteiger partial charge in [-0.3, -0.25) is 9.52 Å². The molecule has 3 heterocycles. The van der Waals surface area contributed by atoms with Gasteiger partial charge in [0, 0.05) is 31.5 Å². The third-order valence-electron chi connectivity index (χ3n) is 8.94. The lowest BCUT2D eigenvalue weighted by Crippen LogP contribution is -2.37. The Morgan fingerprint density at radius 1 is 1.02 bits per heavy atom. The number of alkyl halides is 2. The van der Waals surface area contributed by atoms with Crippen LogP contribution in [0, 0.1) is 5.41 Å². The van der Waals surface area contributed by atoms with Gasteiger partial charge in [0.05, 0.1) is 41.6 Å². The lowest BCUT2D eigenvalue weighted by atomic mass is 9.80. The maximum atomic E-state index is 13.9. The molecule has 3 N–H and O–H groups in total. The number of rotatable bonds is 7. The summed E-state index contributed by atoms with van der Waals surface area (Å²) in [4.78, 5) is 20.4. The Hall–Kier alpha value is -2.83. The molecule has 216 valence electrons. The molecule has 0 unspecified atom stereocenters. The van der Waals surface area contributed by atoms with Gasteiger partial charge in [0.25, 0.3) is 5.91 Å². The van der Waals surface area contributed by atoms with E-state index in [1.54, 1.807) is 18.2 Å². The zero-order valence-corrected chi connectivity index (χ0v) is 23.0. The summed E-state index contributed by atoms with van der Waals surface area (Å²) in [5, 5.41) is 12.0. The molecule has 0 atom stereocenters. The Kier molecular flexibility index (Phi) is 6.78. The first kappa shape index (κ1) is 27.3. The predicted octanol–water partition coefficient (Wildman–Crippen LogP) is 4.38. The molecule has 2 aliphatic carbocycles. The first-order valence-corrected chi connectivity index (χ1v) is 15.5. The Morgan fingerprint density at radius 2 is 1.75 bits per heavy atom. The number of aliphatic hydroxyl groups excluding tert-OH is 1. The van der Waals surface area contributed by atoms with E-state index in [1.165, 1.54) is 18.9 Å². The van der Waals surface area contributed by atoms with Crippen LogP contribution in [0.3, 0.4) is 0 Å². The number of ether oxygens (including phenoxy) is 1. The van der Waals surface area contributed by atoms with E-state index in [4.69, 9.17) is 9.84 Å². The number of carbonyl (C=O) groups is 1. The summed E-state index contributed by atoms with van der Waals surface area (Å²) in [6.45, 7) is 1.32. The molecule has 12 heteroatoms. The minimum absolute atomic E-state index is 0.172. The zero-order valence-electron chi connectivity index (χ0n) is 22.2. The third-order valence-corrected chi connectivity index (χ3v) is 10.2. The van der Waals surface area contributed by atoms with Crippen LogP contribution in [0.1, 0.15) is 73.0 Å². The number of benzene rings is 1. The van der Waals surface area contributed by atoms with Crippen LogP contribution >= 0.6 is 0 Å². The van der Waals surface area contributed by atoms with Gasteiger partial charge < -0.3 is 20.1 Å². The number of halogens is 2. The zero-order chi connectivity index (χ0) is 28.2. The van der Waals surface area contributed by atoms with Crippen molar-refractivity contribution in [2.24, 2.45) is 5.41 Å². The van der Waals surface area contributed by atoms with Gasteiger partial charge in [0.2, 0.25) is 15.9 Å². The molecule has 1 aromatic heterocycles. The fourth-order valence-electron chi connectivity index (χ4n) is 6.24. The number of hydrogen-bond acceptors (Lipinski definition) is 7. The quantitative estimate of drug-likeness (QED) is 0.447. The Balaban J connectivity index is 1.26. The Morgan fingerprint density at radius 3 is 2.42 bits per heavy atom. The number of hydrogen-bond donors (Lipinski definition) is 3. The molecule has 2 saturated carbocycles. The average molecular weight is 577 g/mol. The van der Waals surface area contributed by atoms with Crippen molar-refractivity contribution >= 4 is 33.1 Å². The summed E-state index contributed by atoms with van der Waals surface area (Å²) in [7, 11) is -3.74. The molecule has 2 aliphatic heterocycles. The van der Waals surface area contributed by atoms with Crippen molar-refractivity contribution in [2.75, 3.05) is 40.4 Å². The highest BCUT2D eigenvalue weighted by Crippen LogP contribution is 2.54. The fourth-order valence-corrected chi connectivity index (χ4v) is 7.06. The van der Waals surface area contributed by atoms with E-state index >= 15 is 0 Å². The summed E-state index contributed by atoms with van der Waals surface area (Å²) < 4.78 is 60.8. The van der Waals surface area contributed by atoms with E-state index in [2.05, 4.69) is 19.9 Å². The van der Waals surface area contributed by atoms with Crippen molar-refractivity contribution in [3.8, 4) is 0 Å². The second-order valence-corrected chi connectivity index (χ2v) is 13.5. The summed E-state index contributed by atoms with van der Waals surface area (Å²) in [5.74, 6) is -3.22. The van der Waals surface area contributed by atoms with Gasteiger partial charge >= 0.3 is 0 Å². The maximum Gasteiger partial charge on any atom is 0.258 e. The van der Waals surface area contributed by atoms with Gasteiger partial charge in [-0.15, -0.1) is 0 Å². The second-order valence-electron chi connectivity index (χ2n) is 11.7. The molecule has 0 radical (unpaired) electrons. The summed E-state index contributed by atoms with van der Waals surface area (Å²) in [6.07, 6.45) is 4.30. The van der Waals surface area contributed by atoms with Gasteiger partial charge in [0.15, 0.2) is 0 Å². The number of amides is 1. The number of piperidine rings is 1. The van der Waals surface area contributed by atoms with Gasteiger partial charge in [-0.25, -0.2) is 22.2 Å². The van der Waals surface area contributed by atoms with Crippen molar-refractivity contribution in [3.63, 3.8) is 0 Å². The first-order valence-electron chi connectivity index (χ1n) is 13.9. The van der Waals surface area contributed by atoms with Gasteiger partial charge in [-0.1, -0.05) is 6.07 Å². The SMILES string of the molecule is O=C(Nc1ccc2c(n1)C1(CCC(F)(F)CC1)OC2)c1ccc(NS(=O)(=O)CCO)cc1N1CCC2(CC1)CC2. The third kappa shape index (κ3) is 5.40. The number of nitrogens with one attached hydrogen (secondary N) is 2. The van der Waals surface area contributed by atoms with Crippen LogP contribution in [-0.4, -0.2) is 55.8 Å². The van der Waals surface area contributed by atoms with Crippen LogP contribution in [-0.2, 0) is 27.0 Å². The topological polar surface area (TPSA) is 121 Å². The van der Waals surface area contributed by atoms with Crippen molar-refractivity contribution < 1.29 is 31.8 Å². The number of fused-ring (bicyclic) bond motifs is 2. The first-order chi connectivity index (χ1) is 19.0. The number of anilines is 3. The van der Waals surface area contributed by atoms with Crippen molar-refractivity contribution in [1.29, 1.82) is 0 Å². The standard InChI is InChI=1S/C28H34F2N4O5S/c29-28(30)9-7-27(8-10-28)24-19(18-39-27)1-4-23(31-24)32-25(36)21-3-2-20(33-40(37,38)16-15-35)17-22(21)34-13-11-26(5-6-26)12-14-34/h1-4,17,33,35H,5-16,18H2,(H,31,32,36). The molecule has 4 aliphatic rings.